The van der Waals surface area contributed by atoms with Crippen molar-refractivity contribution in [3.63, 3.8) is 0 Å². The second-order valence-electron chi connectivity index (χ2n) is 5.17. The molecule has 0 saturated carbocycles. The molecule has 1 aliphatic rings. The molecule has 1 aliphatic heterocycles. The van der Waals surface area contributed by atoms with Gasteiger partial charge in [-0.2, -0.15) is 0 Å². The lowest BCUT2D eigenvalue weighted by Crippen LogP contribution is -2.28. The van der Waals surface area contributed by atoms with Gasteiger partial charge in [-0.05, 0) is 25.0 Å². The molecular weight excluding hydrogens is 322 g/mol. The molecule has 1 saturated heterocycles. The van der Waals surface area contributed by atoms with E-state index in [-0.39, 0.29) is 28.4 Å². The number of sulfone groups is 1. The molecule has 8 heteroatoms. The normalized spacial score (nSPS) is 21.8. The molecule has 0 bridgehead atoms. The van der Waals surface area contributed by atoms with Gasteiger partial charge in [0, 0.05) is 6.04 Å². The number of hydrogen-bond acceptors (Lipinski definition) is 3. The fourth-order valence-corrected chi connectivity index (χ4v) is 4.72. The molecule has 114 valence electrons. The Kier molecular flexibility index (Phi) is 3.65. The smallest absolute Gasteiger partial charge is 0.184 e. The van der Waals surface area contributed by atoms with E-state index in [4.69, 9.17) is 11.6 Å². The number of nitrogens with zero attached hydrogens (tertiary/aromatic N) is 2. The van der Waals surface area contributed by atoms with E-state index in [2.05, 4.69) is 4.98 Å². The van der Waals surface area contributed by atoms with Gasteiger partial charge >= 0.3 is 0 Å². The first kappa shape index (κ1) is 14.7. The number of fused-ring (bicyclic) bond motifs is 1. The molecule has 4 nitrogen and oxygen atoms in total. The van der Waals surface area contributed by atoms with Crippen molar-refractivity contribution in [3.05, 3.63) is 29.6 Å². The topological polar surface area (TPSA) is 52.0 Å². The number of aromatic nitrogens is 2. The SMILES string of the molecule is O=S1(=O)CCCC(n2c(CCl)nc3ccc(F)c(F)c32)C1. The van der Waals surface area contributed by atoms with Gasteiger partial charge in [-0.15, -0.1) is 11.6 Å². The van der Waals surface area contributed by atoms with Crippen LogP contribution in [-0.4, -0.2) is 29.5 Å². The number of imidazole rings is 1. The molecule has 1 unspecified atom stereocenters. The first-order valence-electron chi connectivity index (χ1n) is 6.54. The van der Waals surface area contributed by atoms with Gasteiger partial charge in [-0.1, -0.05) is 0 Å². The Bertz CT molecular complexity index is 804. The van der Waals surface area contributed by atoms with Crippen LogP contribution in [0.1, 0.15) is 24.7 Å². The Morgan fingerprint density at radius 2 is 2.14 bits per heavy atom. The van der Waals surface area contributed by atoms with E-state index in [1.165, 1.54) is 10.6 Å². The van der Waals surface area contributed by atoms with Crippen LogP contribution < -0.4 is 0 Å². The van der Waals surface area contributed by atoms with Crippen molar-refractivity contribution >= 4 is 32.5 Å². The van der Waals surface area contributed by atoms with Crippen molar-refractivity contribution in [2.45, 2.75) is 24.8 Å². The molecule has 0 amide bonds. The fraction of sp³-hybridized carbons (Fsp3) is 0.462. The second kappa shape index (κ2) is 5.21. The zero-order valence-electron chi connectivity index (χ0n) is 11.0. The summed E-state index contributed by atoms with van der Waals surface area (Å²) in [6.07, 6.45) is 1.07. The Morgan fingerprint density at radius 3 is 2.81 bits per heavy atom. The standard InChI is InChI=1S/C13H13ClF2N2O2S/c14-6-11-17-10-4-3-9(15)12(16)13(10)18(11)8-2-1-5-21(19,20)7-8/h3-4,8H,1-2,5-7H2. The van der Waals surface area contributed by atoms with E-state index >= 15 is 0 Å². The monoisotopic (exact) mass is 334 g/mol. The molecule has 1 aromatic carbocycles. The predicted molar refractivity (Wildman–Crippen MR) is 76.1 cm³/mol. The molecular formula is C13H13ClF2N2O2S. The van der Waals surface area contributed by atoms with Gasteiger partial charge in [0.05, 0.1) is 22.9 Å². The van der Waals surface area contributed by atoms with Gasteiger partial charge in [0.15, 0.2) is 21.5 Å². The lowest BCUT2D eigenvalue weighted by molar-refractivity contribution is 0.459. The first-order valence-corrected chi connectivity index (χ1v) is 8.90. The van der Waals surface area contributed by atoms with Crippen molar-refractivity contribution in [2.24, 2.45) is 0 Å². The van der Waals surface area contributed by atoms with E-state index in [1.807, 2.05) is 0 Å². The first-order chi connectivity index (χ1) is 9.93. The van der Waals surface area contributed by atoms with E-state index in [1.54, 1.807) is 0 Å². The number of rotatable bonds is 2. The number of alkyl halides is 1. The van der Waals surface area contributed by atoms with Crippen molar-refractivity contribution in [1.82, 2.24) is 9.55 Å². The summed E-state index contributed by atoms with van der Waals surface area (Å²) in [6.45, 7) is 0. The lowest BCUT2D eigenvalue weighted by atomic mass is 10.1. The van der Waals surface area contributed by atoms with Crippen LogP contribution in [0.5, 0.6) is 0 Å². The summed E-state index contributed by atoms with van der Waals surface area (Å²) in [5.74, 6) is -1.60. The van der Waals surface area contributed by atoms with Crippen LogP contribution in [0.2, 0.25) is 0 Å². The highest BCUT2D eigenvalue weighted by Gasteiger charge is 2.30. The summed E-state index contributed by atoms with van der Waals surface area (Å²) in [5, 5.41) is 0. The van der Waals surface area contributed by atoms with Crippen LogP contribution >= 0.6 is 11.6 Å². The minimum absolute atomic E-state index is 0.00624. The highest BCUT2D eigenvalue weighted by Crippen LogP contribution is 2.31. The van der Waals surface area contributed by atoms with Crippen LogP contribution in [0.3, 0.4) is 0 Å². The number of hydrogen-bond donors (Lipinski definition) is 0. The molecule has 21 heavy (non-hydrogen) atoms. The molecule has 0 spiro atoms. The summed E-state index contributed by atoms with van der Waals surface area (Å²) >= 11 is 5.84. The third-order valence-electron chi connectivity index (χ3n) is 3.74. The zero-order valence-corrected chi connectivity index (χ0v) is 12.6. The Morgan fingerprint density at radius 1 is 1.38 bits per heavy atom. The van der Waals surface area contributed by atoms with Gasteiger partial charge in [-0.25, -0.2) is 22.2 Å². The number of benzene rings is 1. The highest BCUT2D eigenvalue weighted by atomic mass is 35.5. The summed E-state index contributed by atoms with van der Waals surface area (Å²) in [4.78, 5) is 4.19. The van der Waals surface area contributed by atoms with Crippen LogP contribution in [-0.2, 0) is 15.7 Å². The number of halogens is 3. The van der Waals surface area contributed by atoms with E-state index < -0.39 is 27.5 Å². The molecule has 1 aromatic heterocycles. The van der Waals surface area contributed by atoms with Crippen molar-refractivity contribution in [3.8, 4) is 0 Å². The molecule has 0 radical (unpaired) electrons. The minimum Gasteiger partial charge on any atom is -0.320 e. The maximum absolute atomic E-state index is 14.1. The summed E-state index contributed by atoms with van der Waals surface area (Å²) < 4.78 is 52.7. The molecule has 2 aromatic rings. The van der Waals surface area contributed by atoms with Crippen LogP contribution in [0.25, 0.3) is 11.0 Å². The quantitative estimate of drug-likeness (QED) is 0.794. The second-order valence-corrected chi connectivity index (χ2v) is 7.67. The van der Waals surface area contributed by atoms with Gasteiger partial charge in [0.25, 0.3) is 0 Å². The fourth-order valence-electron chi connectivity index (χ4n) is 2.86. The van der Waals surface area contributed by atoms with E-state index in [0.29, 0.717) is 18.7 Å². The maximum Gasteiger partial charge on any atom is 0.184 e. The summed E-state index contributed by atoms with van der Waals surface area (Å²) in [5.41, 5.74) is 0.278. The Hall–Kier alpha value is -1.21. The molecule has 1 fully saturated rings. The van der Waals surface area contributed by atoms with Crippen molar-refractivity contribution in [1.29, 1.82) is 0 Å². The lowest BCUT2D eigenvalue weighted by Gasteiger charge is -2.25. The Labute approximate surface area is 125 Å². The molecule has 0 aliphatic carbocycles. The molecule has 1 atom stereocenters. The van der Waals surface area contributed by atoms with Gasteiger partial charge in [0.2, 0.25) is 0 Å². The Balaban J connectivity index is 2.22. The van der Waals surface area contributed by atoms with E-state index in [9.17, 15) is 17.2 Å². The van der Waals surface area contributed by atoms with Crippen molar-refractivity contribution < 1.29 is 17.2 Å². The van der Waals surface area contributed by atoms with Crippen LogP contribution in [0, 0.1) is 11.6 Å². The van der Waals surface area contributed by atoms with Crippen molar-refractivity contribution in [2.75, 3.05) is 11.5 Å². The third kappa shape index (κ3) is 2.53. The average Bonchev–Trinajstić information content (AvgIpc) is 2.81. The maximum atomic E-state index is 14.1. The van der Waals surface area contributed by atoms with Crippen LogP contribution in [0.15, 0.2) is 12.1 Å². The molecule has 0 N–H and O–H groups in total. The zero-order chi connectivity index (χ0) is 15.2. The van der Waals surface area contributed by atoms with Gasteiger partial charge in [-0.3, -0.25) is 0 Å². The molecule has 2 heterocycles. The summed E-state index contributed by atoms with van der Waals surface area (Å²) in [7, 11) is -3.18. The summed E-state index contributed by atoms with van der Waals surface area (Å²) in [6, 6.07) is 1.92. The molecule has 3 rings (SSSR count). The predicted octanol–water partition coefficient (Wildman–Crippen LogP) is 2.80. The average molecular weight is 335 g/mol. The van der Waals surface area contributed by atoms with E-state index in [0.717, 1.165) is 6.07 Å². The largest absolute Gasteiger partial charge is 0.320 e. The minimum atomic E-state index is -3.18. The highest BCUT2D eigenvalue weighted by molar-refractivity contribution is 7.91. The third-order valence-corrected chi connectivity index (χ3v) is 5.78. The van der Waals surface area contributed by atoms with Gasteiger partial charge in [0.1, 0.15) is 11.3 Å². The van der Waals surface area contributed by atoms with Crippen LogP contribution in [0.4, 0.5) is 8.78 Å². The van der Waals surface area contributed by atoms with Gasteiger partial charge < -0.3 is 4.57 Å².